The maximum Gasteiger partial charge on any atom is 0.228 e. The minimum Gasteiger partial charge on any atom is -0.497 e. The summed E-state index contributed by atoms with van der Waals surface area (Å²) in [6.07, 6.45) is 5.75. The minimum absolute atomic E-state index is 0.0716. The average Bonchev–Trinajstić information content (AvgIpc) is 3.40. The maximum atomic E-state index is 13.6. The zero-order valence-electron chi connectivity index (χ0n) is 22.4. The summed E-state index contributed by atoms with van der Waals surface area (Å²) >= 11 is 0. The van der Waals surface area contributed by atoms with Gasteiger partial charge in [0.2, 0.25) is 11.8 Å². The smallest absolute Gasteiger partial charge is 0.228 e. The molecule has 0 radical (unpaired) electrons. The molecule has 1 aromatic rings. The van der Waals surface area contributed by atoms with E-state index in [1.165, 1.54) is 0 Å². The Labute approximate surface area is 223 Å². The van der Waals surface area contributed by atoms with Crippen LogP contribution < -0.4 is 15.4 Å². The lowest BCUT2D eigenvalue weighted by Gasteiger charge is -2.27. The number of Topliss-reactive ketones (excluding diaryl/α,β-unsaturated/α-hetero) is 2. The number of methoxy groups -OCH3 is 1. The monoisotopic (exact) mass is 526 g/mol. The van der Waals surface area contributed by atoms with Crippen molar-refractivity contribution in [3.63, 3.8) is 0 Å². The standard InChI is InChI=1S/C29H38N2O7/c1-18(30-28(35)22-15-37-16-22)25(32)14-21(12-20-8-10-23(36-3)11-9-20)27(34)31-24(13-19-6-4-5-7-19)26(33)29(2)17-38-29/h6,8-11,18,21-22,24H,4-5,7,12-17H2,1-3H3,(H,30,35)(H,31,34)/t18-,21-,24+,29-/m1/s1. The maximum absolute atomic E-state index is 13.6. The molecule has 9 heteroatoms. The molecule has 2 N–H and O–H groups in total. The number of allylic oxidation sites excluding steroid dienone is 1. The molecular weight excluding hydrogens is 488 g/mol. The second kappa shape index (κ2) is 12.2. The molecule has 1 aromatic carbocycles. The second-order valence-electron chi connectivity index (χ2n) is 10.8. The number of epoxide rings is 1. The molecule has 0 aromatic heterocycles. The molecule has 0 saturated carbocycles. The molecule has 9 nitrogen and oxygen atoms in total. The third-order valence-corrected chi connectivity index (χ3v) is 7.64. The summed E-state index contributed by atoms with van der Waals surface area (Å²) < 4.78 is 15.7. The van der Waals surface area contributed by atoms with Gasteiger partial charge in [0, 0.05) is 12.3 Å². The molecule has 3 aliphatic rings. The number of amides is 2. The van der Waals surface area contributed by atoms with Gasteiger partial charge in [0.05, 0.1) is 44.9 Å². The summed E-state index contributed by atoms with van der Waals surface area (Å²) in [5.74, 6) is -1.24. The molecule has 0 spiro atoms. The normalized spacial score (nSPS) is 22.9. The third kappa shape index (κ3) is 7.08. The highest BCUT2D eigenvalue weighted by Crippen LogP contribution is 2.31. The van der Waals surface area contributed by atoms with Crippen molar-refractivity contribution >= 4 is 23.4 Å². The first-order chi connectivity index (χ1) is 18.2. The molecule has 206 valence electrons. The fraction of sp³-hybridized carbons (Fsp3) is 0.586. The van der Waals surface area contributed by atoms with Gasteiger partial charge in [-0.25, -0.2) is 0 Å². The van der Waals surface area contributed by atoms with Crippen molar-refractivity contribution < 1.29 is 33.4 Å². The Morgan fingerprint density at radius 3 is 2.37 bits per heavy atom. The highest BCUT2D eigenvalue weighted by atomic mass is 16.6. The second-order valence-corrected chi connectivity index (χ2v) is 10.8. The average molecular weight is 527 g/mol. The van der Waals surface area contributed by atoms with E-state index in [9.17, 15) is 19.2 Å². The summed E-state index contributed by atoms with van der Waals surface area (Å²) in [5.41, 5.74) is 1.15. The lowest BCUT2D eigenvalue weighted by atomic mass is 9.89. The van der Waals surface area contributed by atoms with Gasteiger partial charge in [-0.15, -0.1) is 0 Å². The molecule has 38 heavy (non-hydrogen) atoms. The molecular formula is C29H38N2O7. The largest absolute Gasteiger partial charge is 0.497 e. The molecule has 2 saturated heterocycles. The first-order valence-corrected chi connectivity index (χ1v) is 13.4. The summed E-state index contributed by atoms with van der Waals surface area (Å²) in [4.78, 5) is 52.3. The Morgan fingerprint density at radius 2 is 1.82 bits per heavy atom. The van der Waals surface area contributed by atoms with Crippen LogP contribution in [0, 0.1) is 11.8 Å². The van der Waals surface area contributed by atoms with Crippen molar-refractivity contribution in [2.75, 3.05) is 26.9 Å². The van der Waals surface area contributed by atoms with Gasteiger partial charge in [-0.2, -0.15) is 0 Å². The predicted octanol–water partition coefficient (Wildman–Crippen LogP) is 2.31. The van der Waals surface area contributed by atoms with Crippen molar-refractivity contribution in [2.45, 2.75) is 70.1 Å². The number of hydrogen-bond acceptors (Lipinski definition) is 7. The Morgan fingerprint density at radius 1 is 1.11 bits per heavy atom. The van der Waals surface area contributed by atoms with E-state index in [2.05, 4.69) is 16.7 Å². The molecule has 4 atom stereocenters. The molecule has 2 heterocycles. The van der Waals surface area contributed by atoms with Gasteiger partial charge in [-0.1, -0.05) is 23.8 Å². The van der Waals surface area contributed by atoms with Crippen molar-refractivity contribution in [1.29, 1.82) is 0 Å². The van der Waals surface area contributed by atoms with Crippen LogP contribution in [-0.4, -0.2) is 68.0 Å². The van der Waals surface area contributed by atoms with Crippen LogP contribution in [-0.2, 0) is 35.1 Å². The Hall–Kier alpha value is -3.04. The number of benzene rings is 1. The molecule has 0 unspecified atom stereocenters. The van der Waals surface area contributed by atoms with Crippen LogP contribution in [0.5, 0.6) is 5.75 Å². The van der Waals surface area contributed by atoms with E-state index in [0.29, 0.717) is 38.4 Å². The van der Waals surface area contributed by atoms with Gasteiger partial charge in [0.15, 0.2) is 11.6 Å². The van der Waals surface area contributed by atoms with E-state index in [4.69, 9.17) is 14.2 Å². The number of ketones is 2. The number of carbonyl (C=O) groups is 4. The lowest BCUT2D eigenvalue weighted by Crippen LogP contribution is -2.50. The highest BCUT2D eigenvalue weighted by molar-refractivity contribution is 5.98. The quantitative estimate of drug-likeness (QED) is 0.282. The highest BCUT2D eigenvalue weighted by Gasteiger charge is 2.50. The van der Waals surface area contributed by atoms with Crippen LogP contribution in [0.2, 0.25) is 0 Å². The van der Waals surface area contributed by atoms with E-state index in [1.807, 2.05) is 12.1 Å². The van der Waals surface area contributed by atoms with Gasteiger partial charge in [0.25, 0.3) is 0 Å². The van der Waals surface area contributed by atoms with Gasteiger partial charge in [-0.05, 0) is 63.6 Å². The molecule has 2 fully saturated rings. The molecule has 2 amide bonds. The van der Waals surface area contributed by atoms with Gasteiger partial charge >= 0.3 is 0 Å². The molecule has 4 rings (SSSR count). The Kier molecular flexibility index (Phi) is 8.99. The van der Waals surface area contributed by atoms with Gasteiger partial charge in [0.1, 0.15) is 11.4 Å². The third-order valence-electron chi connectivity index (χ3n) is 7.64. The van der Waals surface area contributed by atoms with Crippen LogP contribution in [0.15, 0.2) is 35.9 Å². The van der Waals surface area contributed by atoms with E-state index in [1.54, 1.807) is 33.1 Å². The number of ether oxygens (including phenoxy) is 3. The summed E-state index contributed by atoms with van der Waals surface area (Å²) in [6, 6.07) is 5.87. The van der Waals surface area contributed by atoms with E-state index in [-0.39, 0.29) is 35.7 Å². The number of hydrogen-bond donors (Lipinski definition) is 2. The zero-order valence-corrected chi connectivity index (χ0v) is 22.4. The van der Waals surface area contributed by atoms with Crippen LogP contribution in [0.3, 0.4) is 0 Å². The Bertz CT molecular complexity index is 1070. The molecule has 2 aliphatic heterocycles. The minimum atomic E-state index is -0.873. The first kappa shape index (κ1) is 28.0. The Balaban J connectivity index is 1.48. The number of rotatable bonds is 14. The van der Waals surface area contributed by atoms with E-state index >= 15 is 0 Å². The van der Waals surface area contributed by atoms with Crippen LogP contribution >= 0.6 is 0 Å². The van der Waals surface area contributed by atoms with Crippen LogP contribution in [0.1, 0.15) is 51.5 Å². The van der Waals surface area contributed by atoms with Crippen molar-refractivity contribution in [2.24, 2.45) is 11.8 Å². The number of carbonyl (C=O) groups excluding carboxylic acids is 4. The zero-order chi connectivity index (χ0) is 27.3. The van der Waals surface area contributed by atoms with Crippen LogP contribution in [0.25, 0.3) is 0 Å². The van der Waals surface area contributed by atoms with E-state index < -0.39 is 23.6 Å². The van der Waals surface area contributed by atoms with E-state index in [0.717, 1.165) is 30.4 Å². The van der Waals surface area contributed by atoms with Gasteiger partial charge < -0.3 is 24.8 Å². The number of nitrogens with one attached hydrogen (secondary N) is 2. The predicted molar refractivity (Wildman–Crippen MR) is 140 cm³/mol. The van der Waals surface area contributed by atoms with Gasteiger partial charge in [-0.3, -0.25) is 19.2 Å². The summed E-state index contributed by atoms with van der Waals surface area (Å²) in [5, 5.41) is 5.71. The fourth-order valence-electron chi connectivity index (χ4n) is 4.83. The molecule has 1 aliphatic carbocycles. The lowest BCUT2D eigenvalue weighted by molar-refractivity contribution is -0.141. The summed E-state index contributed by atoms with van der Waals surface area (Å²) in [6.45, 7) is 4.42. The topological polar surface area (TPSA) is 123 Å². The fourth-order valence-corrected chi connectivity index (χ4v) is 4.83. The van der Waals surface area contributed by atoms with Crippen molar-refractivity contribution in [1.82, 2.24) is 10.6 Å². The molecule has 0 bridgehead atoms. The summed E-state index contributed by atoms with van der Waals surface area (Å²) in [7, 11) is 1.58. The SMILES string of the molecule is COc1ccc(C[C@H](CC(=O)[C@@H](C)NC(=O)C2COC2)C(=O)N[C@@H](CC2=CCCC2)C(=O)[C@@]2(C)CO2)cc1. The first-order valence-electron chi connectivity index (χ1n) is 13.4. The van der Waals surface area contributed by atoms with Crippen molar-refractivity contribution in [3.05, 3.63) is 41.5 Å². The van der Waals surface area contributed by atoms with Crippen LogP contribution in [0.4, 0.5) is 0 Å². The van der Waals surface area contributed by atoms with Crippen molar-refractivity contribution in [3.8, 4) is 5.75 Å².